The SMILES string of the molecule is Cc1cccc(C2(C(=O)N3CCOCC(Cc4cccc5cccnc45)C3)CCOCC2)c1. The smallest absolute Gasteiger partial charge is 0.233 e. The predicted molar refractivity (Wildman–Crippen MR) is 129 cm³/mol. The minimum absolute atomic E-state index is 0.225. The topological polar surface area (TPSA) is 51.7 Å². The molecule has 0 bridgehead atoms. The van der Waals surface area contributed by atoms with Crippen molar-refractivity contribution in [2.75, 3.05) is 39.5 Å². The lowest BCUT2D eigenvalue weighted by atomic mass is 9.72. The van der Waals surface area contributed by atoms with Crippen molar-refractivity contribution in [3.63, 3.8) is 0 Å². The quantitative estimate of drug-likeness (QED) is 0.602. The lowest BCUT2D eigenvalue weighted by Crippen LogP contribution is -2.51. The summed E-state index contributed by atoms with van der Waals surface area (Å²) in [6, 6.07) is 18.9. The van der Waals surface area contributed by atoms with Gasteiger partial charge in [0.2, 0.25) is 5.91 Å². The number of carbonyl (C=O) groups is 1. The summed E-state index contributed by atoms with van der Waals surface area (Å²) in [5.74, 6) is 0.460. The number of hydrogen-bond acceptors (Lipinski definition) is 4. The Morgan fingerprint density at radius 3 is 2.73 bits per heavy atom. The standard InChI is InChI=1S/C28H32N2O3/c1-21-5-2-9-25(17-21)28(10-14-32-15-11-28)27(31)30-13-16-33-20-22(19-30)18-24-7-3-6-23-8-4-12-29-26(23)24/h2-9,12,17,22H,10-11,13-16,18-20H2,1H3. The minimum Gasteiger partial charge on any atom is -0.381 e. The zero-order valence-corrected chi connectivity index (χ0v) is 19.3. The number of nitrogens with zero attached hydrogens (tertiary/aromatic N) is 2. The lowest BCUT2D eigenvalue weighted by molar-refractivity contribution is -0.141. The van der Waals surface area contributed by atoms with Crippen LogP contribution in [0.2, 0.25) is 0 Å². The number of carbonyl (C=O) groups excluding carboxylic acids is 1. The van der Waals surface area contributed by atoms with Gasteiger partial charge < -0.3 is 14.4 Å². The van der Waals surface area contributed by atoms with Gasteiger partial charge >= 0.3 is 0 Å². The minimum atomic E-state index is -0.514. The second-order valence-electron chi connectivity index (χ2n) is 9.45. The number of aromatic nitrogens is 1. The molecule has 5 heteroatoms. The highest BCUT2D eigenvalue weighted by atomic mass is 16.5. The van der Waals surface area contributed by atoms with E-state index in [1.807, 2.05) is 12.3 Å². The van der Waals surface area contributed by atoms with Crippen molar-refractivity contribution < 1.29 is 14.3 Å². The molecular formula is C28H32N2O3. The number of hydrogen-bond donors (Lipinski definition) is 0. The Morgan fingerprint density at radius 1 is 1.06 bits per heavy atom. The summed E-state index contributed by atoms with van der Waals surface area (Å²) in [6.07, 6.45) is 4.15. The van der Waals surface area contributed by atoms with Crippen molar-refractivity contribution in [3.05, 3.63) is 77.5 Å². The molecule has 0 spiro atoms. The van der Waals surface area contributed by atoms with Crippen LogP contribution in [0.1, 0.15) is 29.5 Å². The van der Waals surface area contributed by atoms with Crippen LogP contribution in [0, 0.1) is 12.8 Å². The maximum Gasteiger partial charge on any atom is 0.233 e. The zero-order chi connectivity index (χ0) is 22.7. The average molecular weight is 445 g/mol. The largest absolute Gasteiger partial charge is 0.381 e. The van der Waals surface area contributed by atoms with Gasteiger partial charge in [-0.2, -0.15) is 0 Å². The predicted octanol–water partition coefficient (Wildman–Crippen LogP) is 4.31. The average Bonchev–Trinajstić information content (AvgIpc) is 3.10. The van der Waals surface area contributed by atoms with E-state index in [9.17, 15) is 4.79 Å². The molecule has 1 aromatic heterocycles. The molecule has 1 atom stereocenters. The molecular weight excluding hydrogens is 412 g/mol. The van der Waals surface area contributed by atoms with E-state index in [4.69, 9.17) is 9.47 Å². The molecule has 5 rings (SSSR count). The summed E-state index contributed by atoms with van der Waals surface area (Å²) in [5.41, 5.74) is 4.06. The van der Waals surface area contributed by atoms with E-state index in [0.717, 1.165) is 35.7 Å². The van der Waals surface area contributed by atoms with Gasteiger partial charge in [-0.05, 0) is 43.4 Å². The van der Waals surface area contributed by atoms with Gasteiger partial charge in [-0.25, -0.2) is 0 Å². The zero-order valence-electron chi connectivity index (χ0n) is 19.3. The van der Waals surface area contributed by atoms with Crippen LogP contribution < -0.4 is 0 Å². The van der Waals surface area contributed by atoms with E-state index in [-0.39, 0.29) is 11.8 Å². The Hall–Kier alpha value is -2.76. The summed E-state index contributed by atoms with van der Waals surface area (Å²) in [6.45, 7) is 5.91. The Labute approximate surface area is 195 Å². The number of pyridine rings is 1. The number of fused-ring (bicyclic) bond motifs is 1. The first-order valence-corrected chi connectivity index (χ1v) is 12.0. The Balaban J connectivity index is 1.41. The lowest BCUT2D eigenvalue weighted by Gasteiger charge is -2.40. The number of ether oxygens (including phenoxy) is 2. The number of para-hydroxylation sites is 1. The molecule has 1 unspecified atom stereocenters. The van der Waals surface area contributed by atoms with Crippen LogP contribution in [0.15, 0.2) is 60.8 Å². The first-order valence-electron chi connectivity index (χ1n) is 12.0. The van der Waals surface area contributed by atoms with Crippen molar-refractivity contribution in [3.8, 4) is 0 Å². The Morgan fingerprint density at radius 2 is 1.88 bits per heavy atom. The monoisotopic (exact) mass is 444 g/mol. The maximum atomic E-state index is 14.2. The third-order valence-electron chi connectivity index (χ3n) is 7.18. The van der Waals surface area contributed by atoms with Crippen molar-refractivity contribution in [2.45, 2.75) is 31.6 Å². The molecule has 0 aliphatic carbocycles. The molecule has 33 heavy (non-hydrogen) atoms. The van der Waals surface area contributed by atoms with Gasteiger partial charge in [0.1, 0.15) is 0 Å². The van der Waals surface area contributed by atoms with Crippen LogP contribution in [0.3, 0.4) is 0 Å². The molecule has 5 nitrogen and oxygen atoms in total. The van der Waals surface area contributed by atoms with E-state index in [2.05, 4.69) is 65.3 Å². The van der Waals surface area contributed by atoms with Gasteiger partial charge in [-0.15, -0.1) is 0 Å². The van der Waals surface area contributed by atoms with E-state index in [0.29, 0.717) is 39.5 Å². The van der Waals surface area contributed by atoms with Crippen molar-refractivity contribution in [1.82, 2.24) is 9.88 Å². The number of amides is 1. The van der Waals surface area contributed by atoms with Gasteiger partial charge in [0, 0.05) is 43.8 Å². The van der Waals surface area contributed by atoms with Gasteiger partial charge in [0.25, 0.3) is 0 Å². The fourth-order valence-electron chi connectivity index (χ4n) is 5.42. The van der Waals surface area contributed by atoms with Crippen LogP contribution in [-0.4, -0.2) is 55.3 Å². The van der Waals surface area contributed by atoms with Crippen LogP contribution in [-0.2, 0) is 26.1 Å². The molecule has 2 aromatic carbocycles. The molecule has 2 aliphatic heterocycles. The summed E-state index contributed by atoms with van der Waals surface area (Å²) in [7, 11) is 0. The van der Waals surface area contributed by atoms with E-state index in [1.165, 1.54) is 11.1 Å². The molecule has 2 aliphatic rings. The second-order valence-corrected chi connectivity index (χ2v) is 9.45. The molecule has 0 radical (unpaired) electrons. The molecule has 3 heterocycles. The third kappa shape index (κ3) is 4.53. The molecule has 172 valence electrons. The fraction of sp³-hybridized carbons (Fsp3) is 0.429. The van der Waals surface area contributed by atoms with Crippen LogP contribution in [0.25, 0.3) is 10.9 Å². The summed E-state index contributed by atoms with van der Waals surface area (Å²) >= 11 is 0. The van der Waals surface area contributed by atoms with Gasteiger partial charge in [0.15, 0.2) is 0 Å². The van der Waals surface area contributed by atoms with Crippen LogP contribution in [0.5, 0.6) is 0 Å². The highest BCUT2D eigenvalue weighted by molar-refractivity contribution is 5.88. The van der Waals surface area contributed by atoms with Crippen molar-refractivity contribution in [2.24, 2.45) is 5.92 Å². The summed E-state index contributed by atoms with van der Waals surface area (Å²) in [5, 5.41) is 1.15. The molecule has 1 amide bonds. The third-order valence-corrected chi connectivity index (χ3v) is 7.18. The Bertz CT molecular complexity index is 1120. The molecule has 2 saturated heterocycles. The van der Waals surface area contributed by atoms with E-state index >= 15 is 0 Å². The highest BCUT2D eigenvalue weighted by Crippen LogP contribution is 2.38. The first-order chi connectivity index (χ1) is 16.2. The van der Waals surface area contributed by atoms with Crippen molar-refractivity contribution in [1.29, 1.82) is 0 Å². The van der Waals surface area contributed by atoms with E-state index in [1.54, 1.807) is 0 Å². The van der Waals surface area contributed by atoms with Gasteiger partial charge in [-0.3, -0.25) is 9.78 Å². The molecule has 0 N–H and O–H groups in total. The van der Waals surface area contributed by atoms with Crippen LogP contribution >= 0.6 is 0 Å². The maximum absolute atomic E-state index is 14.2. The van der Waals surface area contributed by atoms with Crippen molar-refractivity contribution >= 4 is 16.8 Å². The first kappa shape index (κ1) is 22.1. The normalized spacial score (nSPS) is 21.0. The number of benzene rings is 2. The number of aryl methyl sites for hydroxylation is 1. The second kappa shape index (κ2) is 9.62. The molecule has 3 aromatic rings. The van der Waals surface area contributed by atoms with Gasteiger partial charge in [0.05, 0.1) is 24.1 Å². The molecule has 2 fully saturated rings. The van der Waals surface area contributed by atoms with Crippen LogP contribution in [0.4, 0.5) is 0 Å². The van der Waals surface area contributed by atoms with E-state index < -0.39 is 5.41 Å². The summed E-state index contributed by atoms with van der Waals surface area (Å²) < 4.78 is 11.7. The van der Waals surface area contributed by atoms with Gasteiger partial charge in [-0.1, -0.05) is 54.1 Å². The fourth-order valence-corrected chi connectivity index (χ4v) is 5.42. The summed E-state index contributed by atoms with van der Waals surface area (Å²) in [4.78, 5) is 20.8. The Kier molecular flexibility index (Phi) is 6.43. The number of rotatable bonds is 4. The highest BCUT2D eigenvalue weighted by Gasteiger charge is 2.44. The molecule has 0 saturated carbocycles.